The van der Waals surface area contributed by atoms with E-state index < -0.39 is 0 Å². The predicted molar refractivity (Wildman–Crippen MR) is 142 cm³/mol. The Morgan fingerprint density at radius 3 is 2.39 bits per heavy atom. The highest BCUT2D eigenvalue weighted by atomic mass is 35.5. The maximum Gasteiger partial charge on any atom is 0.254 e. The Hall–Kier alpha value is -2.12. The molecule has 0 spiro atoms. The quantitative estimate of drug-likeness (QED) is 0.561. The zero-order valence-electron chi connectivity index (χ0n) is 21.0. The molecular weight excluding hydrogens is 497 g/mol. The van der Waals surface area contributed by atoms with Crippen LogP contribution in [0.25, 0.3) is 0 Å². The molecule has 2 saturated heterocycles. The first-order valence-electron chi connectivity index (χ1n) is 12.6. The highest BCUT2D eigenvalue weighted by Gasteiger charge is 2.44. The summed E-state index contributed by atoms with van der Waals surface area (Å²) in [5, 5.41) is 0.890. The van der Waals surface area contributed by atoms with Crippen LogP contribution in [-0.2, 0) is 9.53 Å². The van der Waals surface area contributed by atoms with Gasteiger partial charge in [-0.3, -0.25) is 9.59 Å². The molecule has 4 unspecified atom stereocenters. The van der Waals surface area contributed by atoms with Crippen molar-refractivity contribution >= 4 is 35.0 Å². The molecule has 3 aliphatic rings. The summed E-state index contributed by atoms with van der Waals surface area (Å²) in [7, 11) is 2.13. The Morgan fingerprint density at radius 2 is 1.72 bits per heavy atom. The minimum absolute atomic E-state index is 0.0276. The van der Waals surface area contributed by atoms with E-state index in [0.29, 0.717) is 47.2 Å². The van der Waals surface area contributed by atoms with Crippen molar-refractivity contribution in [2.45, 2.75) is 44.9 Å². The number of likely N-dealkylation sites (tertiary alicyclic amines) is 1. The van der Waals surface area contributed by atoms with Gasteiger partial charge in [0.25, 0.3) is 5.91 Å². The number of rotatable bonds is 5. The van der Waals surface area contributed by atoms with Crippen LogP contribution in [0.2, 0.25) is 10.0 Å². The van der Waals surface area contributed by atoms with Gasteiger partial charge in [0.15, 0.2) is 0 Å². The standard InChI is InChI=1S/C28H33Cl2N3O3/c1-17-8-18(2)10-21(9-17)28(35)32-6-7-33(25(15-32)20-4-5-22(29)23(30)13-20)27(34)16-36-26-12-19-11-24(26)31(3)14-19/h4-5,8-10,13,19,24-26H,6-7,11-12,14-16H2,1-3H3. The average Bonchev–Trinajstić information content (AvgIpc) is 3.42. The lowest BCUT2D eigenvalue weighted by molar-refractivity contribution is -0.144. The SMILES string of the molecule is Cc1cc(C)cc(C(=O)N2CCN(C(=O)COC3CC4CC3N(C)C4)C(c3ccc(Cl)c(Cl)c3)C2)c1. The summed E-state index contributed by atoms with van der Waals surface area (Å²) in [6.45, 7) is 6.43. The summed E-state index contributed by atoms with van der Waals surface area (Å²) in [5.41, 5.74) is 3.63. The van der Waals surface area contributed by atoms with E-state index in [-0.39, 0.29) is 30.6 Å². The molecule has 0 radical (unpaired) electrons. The molecule has 1 saturated carbocycles. The van der Waals surface area contributed by atoms with Crippen LogP contribution in [0.15, 0.2) is 36.4 Å². The molecule has 8 heteroatoms. The molecule has 2 bridgehead atoms. The number of fused-ring (bicyclic) bond motifs is 2. The number of halogens is 2. The predicted octanol–water partition coefficient (Wildman–Crippen LogP) is 4.75. The molecule has 2 aliphatic heterocycles. The van der Waals surface area contributed by atoms with Crippen molar-refractivity contribution in [3.05, 3.63) is 68.7 Å². The number of hydrogen-bond donors (Lipinski definition) is 0. The molecule has 1 aliphatic carbocycles. The molecule has 2 aromatic rings. The fraction of sp³-hybridized carbons (Fsp3) is 0.500. The summed E-state index contributed by atoms with van der Waals surface area (Å²) in [5.74, 6) is 0.583. The van der Waals surface area contributed by atoms with E-state index >= 15 is 0 Å². The number of carbonyl (C=O) groups excluding carboxylic acids is 2. The van der Waals surface area contributed by atoms with Crippen molar-refractivity contribution in [2.24, 2.45) is 5.92 Å². The van der Waals surface area contributed by atoms with E-state index in [4.69, 9.17) is 27.9 Å². The fourth-order valence-corrected chi connectivity index (χ4v) is 6.53. The van der Waals surface area contributed by atoms with Crippen LogP contribution in [0.3, 0.4) is 0 Å². The number of aryl methyl sites for hydroxylation is 2. The van der Waals surface area contributed by atoms with E-state index in [1.165, 1.54) is 0 Å². The highest BCUT2D eigenvalue weighted by Crippen LogP contribution is 2.38. The van der Waals surface area contributed by atoms with Crippen molar-refractivity contribution in [3.63, 3.8) is 0 Å². The van der Waals surface area contributed by atoms with Gasteiger partial charge in [-0.2, -0.15) is 0 Å². The number of benzene rings is 2. The molecule has 2 aromatic carbocycles. The first-order valence-corrected chi connectivity index (χ1v) is 13.4. The number of piperazine rings is 1. The number of carbonyl (C=O) groups is 2. The summed E-state index contributed by atoms with van der Waals surface area (Å²) >= 11 is 12.5. The number of ether oxygens (including phenoxy) is 1. The van der Waals surface area contributed by atoms with Crippen LogP contribution >= 0.6 is 23.2 Å². The van der Waals surface area contributed by atoms with Gasteiger partial charge < -0.3 is 19.4 Å². The van der Waals surface area contributed by atoms with Gasteiger partial charge >= 0.3 is 0 Å². The van der Waals surface area contributed by atoms with Crippen molar-refractivity contribution in [1.82, 2.24) is 14.7 Å². The van der Waals surface area contributed by atoms with Crippen molar-refractivity contribution in [1.29, 1.82) is 0 Å². The van der Waals surface area contributed by atoms with Crippen LogP contribution in [0.5, 0.6) is 0 Å². The minimum Gasteiger partial charge on any atom is -0.367 e. The first-order chi connectivity index (χ1) is 17.2. The van der Waals surface area contributed by atoms with Crippen LogP contribution in [-0.4, -0.2) is 78.5 Å². The summed E-state index contributed by atoms with van der Waals surface area (Å²) in [4.78, 5) is 32.9. The van der Waals surface area contributed by atoms with Gasteiger partial charge in [-0.25, -0.2) is 0 Å². The smallest absolute Gasteiger partial charge is 0.254 e. The van der Waals surface area contributed by atoms with Gasteiger partial charge in [0, 0.05) is 37.8 Å². The van der Waals surface area contributed by atoms with Gasteiger partial charge in [-0.1, -0.05) is 46.5 Å². The zero-order chi connectivity index (χ0) is 25.6. The van der Waals surface area contributed by atoms with E-state index in [2.05, 4.69) is 18.0 Å². The lowest BCUT2D eigenvalue weighted by Gasteiger charge is -2.42. The van der Waals surface area contributed by atoms with Crippen molar-refractivity contribution in [2.75, 3.05) is 39.8 Å². The molecule has 0 aromatic heterocycles. The number of likely N-dealkylation sites (N-methyl/N-ethyl adjacent to an activating group) is 1. The Balaban J connectivity index is 1.34. The Labute approximate surface area is 223 Å². The molecular formula is C28H33Cl2N3O3. The number of nitrogens with zero attached hydrogens (tertiary/aromatic N) is 3. The maximum atomic E-state index is 13.4. The second kappa shape index (κ2) is 10.3. The van der Waals surface area contributed by atoms with E-state index in [1.54, 1.807) is 12.1 Å². The maximum absolute atomic E-state index is 13.4. The molecule has 2 amide bonds. The second-order valence-corrected chi connectivity index (χ2v) is 11.4. The first kappa shape index (κ1) is 25.5. The molecule has 0 N–H and O–H groups in total. The normalized spacial score (nSPS) is 26.0. The average molecular weight is 530 g/mol. The van der Waals surface area contributed by atoms with Crippen LogP contribution in [0.4, 0.5) is 0 Å². The van der Waals surface area contributed by atoms with Gasteiger partial charge in [0.2, 0.25) is 5.91 Å². The van der Waals surface area contributed by atoms with Gasteiger partial charge in [0.1, 0.15) is 6.61 Å². The number of amides is 2. The number of hydrogen-bond acceptors (Lipinski definition) is 4. The van der Waals surface area contributed by atoms with Crippen LogP contribution < -0.4 is 0 Å². The third-order valence-electron chi connectivity index (χ3n) is 7.89. The monoisotopic (exact) mass is 529 g/mol. The Bertz CT molecular complexity index is 1150. The summed E-state index contributed by atoms with van der Waals surface area (Å²) in [6, 6.07) is 11.4. The lowest BCUT2D eigenvalue weighted by atomic mass is 10.0. The van der Waals surface area contributed by atoms with Crippen LogP contribution in [0.1, 0.15) is 45.9 Å². The molecule has 3 fully saturated rings. The topological polar surface area (TPSA) is 53.1 Å². The third-order valence-corrected chi connectivity index (χ3v) is 8.63. The molecule has 6 nitrogen and oxygen atoms in total. The van der Waals surface area contributed by atoms with Gasteiger partial charge in [-0.15, -0.1) is 0 Å². The minimum atomic E-state index is -0.331. The molecule has 4 atom stereocenters. The highest BCUT2D eigenvalue weighted by molar-refractivity contribution is 6.42. The van der Waals surface area contributed by atoms with Crippen molar-refractivity contribution in [3.8, 4) is 0 Å². The largest absolute Gasteiger partial charge is 0.367 e. The van der Waals surface area contributed by atoms with E-state index in [1.807, 2.05) is 41.8 Å². The molecule has 5 rings (SSSR count). The fourth-order valence-electron chi connectivity index (χ4n) is 6.22. The third kappa shape index (κ3) is 5.14. The van der Waals surface area contributed by atoms with E-state index in [9.17, 15) is 9.59 Å². The lowest BCUT2D eigenvalue weighted by Crippen LogP contribution is -2.53. The van der Waals surface area contributed by atoms with Gasteiger partial charge in [-0.05, 0) is 69.5 Å². The Morgan fingerprint density at radius 1 is 0.972 bits per heavy atom. The molecule has 2 heterocycles. The molecule has 36 heavy (non-hydrogen) atoms. The van der Waals surface area contributed by atoms with Crippen LogP contribution in [0, 0.1) is 19.8 Å². The zero-order valence-corrected chi connectivity index (χ0v) is 22.6. The van der Waals surface area contributed by atoms with Gasteiger partial charge in [0.05, 0.1) is 22.2 Å². The summed E-state index contributed by atoms with van der Waals surface area (Å²) in [6.07, 6.45) is 2.28. The Kier molecular flexibility index (Phi) is 7.32. The summed E-state index contributed by atoms with van der Waals surface area (Å²) < 4.78 is 6.16. The van der Waals surface area contributed by atoms with Crippen molar-refractivity contribution < 1.29 is 14.3 Å². The molecule has 192 valence electrons. The van der Waals surface area contributed by atoms with E-state index in [0.717, 1.165) is 36.1 Å². The number of piperidine rings is 1. The second-order valence-electron chi connectivity index (χ2n) is 10.6.